The van der Waals surface area contributed by atoms with Crippen LogP contribution < -0.4 is 0 Å². The van der Waals surface area contributed by atoms with Gasteiger partial charge in [-0.1, -0.05) is 25.4 Å². The smallest absolute Gasteiger partial charge is 0.341 e. The molecule has 0 aliphatic carbocycles. The maximum atomic E-state index is 11.7. The molecule has 2 heterocycles. The molecule has 0 fully saturated rings. The summed E-state index contributed by atoms with van der Waals surface area (Å²) in [5.41, 5.74) is 1.92. The third-order valence-corrected chi connectivity index (χ3v) is 2.60. The fourth-order valence-corrected chi connectivity index (χ4v) is 1.65. The molecule has 2 aromatic rings. The lowest BCUT2D eigenvalue weighted by Gasteiger charge is -2.06. The van der Waals surface area contributed by atoms with Crippen LogP contribution in [-0.2, 0) is 4.74 Å². The number of halogens is 1. The number of pyridine rings is 1. The summed E-state index contributed by atoms with van der Waals surface area (Å²) in [4.78, 5) is 15.6. The molecule has 0 N–H and O–H groups in total. The first kappa shape index (κ1) is 16.2. The third kappa shape index (κ3) is 3.81. The van der Waals surface area contributed by atoms with E-state index in [4.69, 9.17) is 16.3 Å². The van der Waals surface area contributed by atoms with E-state index in [2.05, 4.69) is 10.1 Å². The SMILES string of the molecule is CC.CCOC(=O)c1cc(-n2cc(C)cn2)cnc1Cl. The molecule has 0 spiro atoms. The molecule has 0 saturated carbocycles. The molecule has 5 nitrogen and oxygen atoms in total. The maximum Gasteiger partial charge on any atom is 0.341 e. The van der Waals surface area contributed by atoms with Crippen LogP contribution in [0.25, 0.3) is 5.69 Å². The number of hydrogen-bond donors (Lipinski definition) is 0. The van der Waals surface area contributed by atoms with Gasteiger partial charge >= 0.3 is 5.97 Å². The second kappa shape index (κ2) is 7.65. The number of carbonyl (C=O) groups excluding carboxylic acids is 1. The minimum Gasteiger partial charge on any atom is -0.462 e. The Morgan fingerprint density at radius 3 is 2.65 bits per heavy atom. The van der Waals surface area contributed by atoms with Gasteiger partial charge in [-0.2, -0.15) is 5.10 Å². The van der Waals surface area contributed by atoms with Crippen LogP contribution in [0, 0.1) is 6.92 Å². The molecule has 0 aliphatic rings. The highest BCUT2D eigenvalue weighted by molar-refractivity contribution is 6.32. The van der Waals surface area contributed by atoms with Gasteiger partial charge in [-0.25, -0.2) is 14.5 Å². The van der Waals surface area contributed by atoms with Crippen LogP contribution >= 0.6 is 11.6 Å². The largest absolute Gasteiger partial charge is 0.462 e. The predicted molar refractivity (Wildman–Crippen MR) is 78.4 cm³/mol. The molecule has 20 heavy (non-hydrogen) atoms. The van der Waals surface area contributed by atoms with Crippen LogP contribution in [0.3, 0.4) is 0 Å². The van der Waals surface area contributed by atoms with Gasteiger partial charge < -0.3 is 4.74 Å². The van der Waals surface area contributed by atoms with Crippen LogP contribution in [-0.4, -0.2) is 27.3 Å². The van der Waals surface area contributed by atoms with Crippen molar-refractivity contribution in [1.82, 2.24) is 14.8 Å². The fourth-order valence-electron chi connectivity index (χ4n) is 1.47. The zero-order valence-corrected chi connectivity index (χ0v) is 12.8. The summed E-state index contributed by atoms with van der Waals surface area (Å²) in [6.07, 6.45) is 5.11. The Bertz CT molecular complexity index is 582. The van der Waals surface area contributed by atoms with Crippen LogP contribution in [0.1, 0.15) is 36.7 Å². The van der Waals surface area contributed by atoms with Crippen molar-refractivity contribution in [3.63, 3.8) is 0 Å². The van der Waals surface area contributed by atoms with Crippen molar-refractivity contribution in [1.29, 1.82) is 0 Å². The lowest BCUT2D eigenvalue weighted by molar-refractivity contribution is 0.0526. The number of rotatable bonds is 3. The van der Waals surface area contributed by atoms with E-state index in [-0.39, 0.29) is 10.7 Å². The van der Waals surface area contributed by atoms with Gasteiger partial charge in [-0.05, 0) is 25.5 Å². The van der Waals surface area contributed by atoms with Gasteiger partial charge in [0.2, 0.25) is 0 Å². The van der Waals surface area contributed by atoms with Gasteiger partial charge in [0.05, 0.1) is 30.3 Å². The van der Waals surface area contributed by atoms with Crippen molar-refractivity contribution in [2.75, 3.05) is 6.61 Å². The molecule has 0 aromatic carbocycles. The van der Waals surface area contributed by atoms with E-state index in [1.165, 1.54) is 0 Å². The fraction of sp³-hybridized carbons (Fsp3) is 0.357. The molecular weight excluding hydrogens is 278 g/mol. The van der Waals surface area contributed by atoms with E-state index >= 15 is 0 Å². The van der Waals surface area contributed by atoms with Gasteiger partial charge in [-0.15, -0.1) is 0 Å². The van der Waals surface area contributed by atoms with E-state index in [9.17, 15) is 4.79 Å². The molecule has 108 valence electrons. The minimum absolute atomic E-state index is 0.126. The summed E-state index contributed by atoms with van der Waals surface area (Å²) in [6.45, 7) is 7.96. The Morgan fingerprint density at radius 1 is 1.40 bits per heavy atom. The Morgan fingerprint density at radius 2 is 2.10 bits per heavy atom. The molecule has 0 aliphatic heterocycles. The van der Waals surface area contributed by atoms with Crippen LogP contribution in [0.5, 0.6) is 0 Å². The average molecular weight is 296 g/mol. The quantitative estimate of drug-likeness (QED) is 0.643. The zero-order valence-electron chi connectivity index (χ0n) is 12.1. The summed E-state index contributed by atoms with van der Waals surface area (Å²) in [7, 11) is 0. The second-order valence-corrected chi connectivity index (χ2v) is 4.07. The Labute approximate surface area is 123 Å². The lowest BCUT2D eigenvalue weighted by Crippen LogP contribution is -2.08. The monoisotopic (exact) mass is 295 g/mol. The van der Waals surface area contributed by atoms with Crippen molar-refractivity contribution < 1.29 is 9.53 Å². The molecule has 6 heteroatoms. The van der Waals surface area contributed by atoms with Gasteiger partial charge in [0.15, 0.2) is 0 Å². The number of aromatic nitrogens is 3. The number of hydrogen-bond acceptors (Lipinski definition) is 4. The Kier molecular flexibility index (Phi) is 6.18. The van der Waals surface area contributed by atoms with Gasteiger partial charge in [0.25, 0.3) is 0 Å². The topological polar surface area (TPSA) is 57.0 Å². The summed E-state index contributed by atoms with van der Waals surface area (Å²) in [6, 6.07) is 1.61. The molecule has 2 rings (SSSR count). The van der Waals surface area contributed by atoms with E-state index in [0.717, 1.165) is 5.56 Å². The summed E-state index contributed by atoms with van der Waals surface area (Å²) in [5, 5.41) is 4.27. The molecule has 0 radical (unpaired) electrons. The van der Waals surface area contributed by atoms with Crippen molar-refractivity contribution in [2.24, 2.45) is 0 Å². The molecule has 0 saturated heterocycles. The molecule has 0 amide bonds. The van der Waals surface area contributed by atoms with E-state index in [1.54, 1.807) is 30.1 Å². The molecule has 0 unspecified atom stereocenters. The molecule has 0 atom stereocenters. The summed E-state index contributed by atoms with van der Waals surface area (Å²) >= 11 is 5.88. The van der Waals surface area contributed by atoms with Gasteiger partial charge in [0.1, 0.15) is 5.15 Å². The predicted octanol–water partition coefficient (Wildman–Crippen LogP) is 3.43. The number of carbonyl (C=O) groups is 1. The Balaban J connectivity index is 0.000000956. The number of nitrogens with zero attached hydrogens (tertiary/aromatic N) is 3. The third-order valence-electron chi connectivity index (χ3n) is 2.30. The molecule has 0 bridgehead atoms. The van der Waals surface area contributed by atoms with Crippen molar-refractivity contribution in [3.8, 4) is 5.69 Å². The minimum atomic E-state index is -0.485. The second-order valence-electron chi connectivity index (χ2n) is 3.71. The number of esters is 1. The number of ether oxygens (including phenoxy) is 1. The molecule has 2 aromatic heterocycles. The van der Waals surface area contributed by atoms with E-state index in [1.807, 2.05) is 27.0 Å². The maximum absolute atomic E-state index is 11.7. The van der Waals surface area contributed by atoms with E-state index in [0.29, 0.717) is 12.3 Å². The summed E-state index contributed by atoms with van der Waals surface area (Å²) in [5.74, 6) is -0.485. The normalized spacial score (nSPS) is 9.65. The number of aryl methyl sites for hydroxylation is 1. The van der Waals surface area contributed by atoms with Crippen LogP contribution in [0.4, 0.5) is 0 Å². The standard InChI is InChI=1S/C12H12ClN3O2.C2H6/c1-3-18-12(17)10-4-9(6-14-11(10)13)16-7-8(2)5-15-16;1-2/h4-7H,3H2,1-2H3;1-2H3. The first-order valence-electron chi connectivity index (χ1n) is 6.46. The highest BCUT2D eigenvalue weighted by atomic mass is 35.5. The average Bonchev–Trinajstić information content (AvgIpc) is 2.88. The Hall–Kier alpha value is -1.88. The van der Waals surface area contributed by atoms with Gasteiger partial charge in [0, 0.05) is 6.20 Å². The van der Waals surface area contributed by atoms with Gasteiger partial charge in [-0.3, -0.25) is 0 Å². The highest BCUT2D eigenvalue weighted by Gasteiger charge is 2.14. The highest BCUT2D eigenvalue weighted by Crippen LogP contribution is 2.18. The zero-order chi connectivity index (χ0) is 15.1. The lowest BCUT2D eigenvalue weighted by atomic mass is 10.2. The van der Waals surface area contributed by atoms with Crippen LogP contribution in [0.2, 0.25) is 5.15 Å². The first-order chi connectivity index (χ1) is 9.61. The van der Waals surface area contributed by atoms with Crippen molar-refractivity contribution in [3.05, 3.63) is 40.9 Å². The first-order valence-corrected chi connectivity index (χ1v) is 6.84. The van der Waals surface area contributed by atoms with Crippen molar-refractivity contribution in [2.45, 2.75) is 27.7 Å². The van der Waals surface area contributed by atoms with E-state index < -0.39 is 5.97 Å². The molecular formula is C14H18ClN3O2. The van der Waals surface area contributed by atoms with Crippen molar-refractivity contribution >= 4 is 17.6 Å². The van der Waals surface area contributed by atoms with Crippen LogP contribution in [0.15, 0.2) is 24.7 Å². The summed E-state index contributed by atoms with van der Waals surface area (Å²) < 4.78 is 6.54.